The highest BCUT2D eigenvalue weighted by atomic mass is 16.3. The molecule has 0 radical (unpaired) electrons. The minimum Gasteiger partial charge on any atom is -0.392 e. The normalized spacial score (nSPS) is 37.5. The van der Waals surface area contributed by atoms with Crippen molar-refractivity contribution in [2.45, 2.75) is 43.9 Å². The quantitative estimate of drug-likeness (QED) is 0.750. The zero-order valence-electron chi connectivity index (χ0n) is 11.0. The van der Waals surface area contributed by atoms with Gasteiger partial charge in [0, 0.05) is 36.8 Å². The minimum absolute atomic E-state index is 0.119. The number of pyridine rings is 1. The van der Waals surface area contributed by atoms with Crippen molar-refractivity contribution in [1.29, 1.82) is 0 Å². The van der Waals surface area contributed by atoms with Crippen molar-refractivity contribution in [3.63, 3.8) is 0 Å². The lowest BCUT2D eigenvalue weighted by Gasteiger charge is -2.53. The van der Waals surface area contributed by atoms with Crippen LogP contribution in [-0.2, 0) is 6.54 Å². The Labute approximate surface area is 112 Å². The zero-order chi connectivity index (χ0) is 13.0. The predicted octanol–water partition coefficient (Wildman–Crippen LogP) is 0.791. The van der Waals surface area contributed by atoms with Gasteiger partial charge in [0.1, 0.15) is 0 Å². The first kappa shape index (κ1) is 11.7. The third kappa shape index (κ3) is 1.70. The number of hydrogen-bond donors (Lipinski definition) is 1. The topological polar surface area (TPSA) is 45.5 Å². The molecular weight excluding hydrogens is 240 g/mol. The van der Waals surface area contributed by atoms with E-state index < -0.39 is 0 Å². The summed E-state index contributed by atoms with van der Waals surface area (Å²) in [6.45, 7) is 2.78. The Bertz CT molecular complexity index is 553. The molecule has 102 valence electrons. The van der Waals surface area contributed by atoms with Gasteiger partial charge in [-0.2, -0.15) is 0 Å². The summed E-state index contributed by atoms with van der Waals surface area (Å²) in [5, 5.41) is 10.1. The summed E-state index contributed by atoms with van der Waals surface area (Å²) < 4.78 is 1.95. The summed E-state index contributed by atoms with van der Waals surface area (Å²) >= 11 is 0. The van der Waals surface area contributed by atoms with Crippen LogP contribution in [0.5, 0.6) is 0 Å². The second-order valence-corrected chi connectivity index (χ2v) is 6.28. The first-order chi connectivity index (χ1) is 9.24. The number of piperidine rings is 2. The van der Waals surface area contributed by atoms with Gasteiger partial charge in [0.05, 0.1) is 6.10 Å². The standard InChI is InChI=1S/C15H20N2O2/c18-11-7-12-13-4-1-5-14(19)17(13)8-10-3-2-6-16(9-11)15(10)12/h1,4-5,10-12,15,18H,2-3,6-9H2. The molecule has 19 heavy (non-hydrogen) atoms. The molecule has 0 aliphatic carbocycles. The monoisotopic (exact) mass is 260 g/mol. The fourth-order valence-corrected chi connectivity index (χ4v) is 4.53. The molecule has 0 amide bonds. The van der Waals surface area contributed by atoms with Crippen molar-refractivity contribution in [3.8, 4) is 0 Å². The second kappa shape index (κ2) is 4.18. The zero-order valence-corrected chi connectivity index (χ0v) is 11.0. The fraction of sp³-hybridized carbons (Fsp3) is 0.667. The van der Waals surface area contributed by atoms with Crippen molar-refractivity contribution in [2.24, 2.45) is 5.92 Å². The molecule has 1 aromatic heterocycles. The molecule has 4 heteroatoms. The van der Waals surface area contributed by atoms with Gasteiger partial charge in [0.2, 0.25) is 0 Å². The number of fused-ring (bicyclic) bond motifs is 2. The molecule has 1 N–H and O–H groups in total. The molecule has 4 nitrogen and oxygen atoms in total. The minimum atomic E-state index is -0.248. The molecule has 4 rings (SSSR count). The van der Waals surface area contributed by atoms with Gasteiger partial charge in [0.25, 0.3) is 5.56 Å². The summed E-state index contributed by atoms with van der Waals surface area (Å²) in [7, 11) is 0. The summed E-state index contributed by atoms with van der Waals surface area (Å²) in [6.07, 6.45) is 2.97. The van der Waals surface area contributed by atoms with Crippen molar-refractivity contribution in [3.05, 3.63) is 34.2 Å². The van der Waals surface area contributed by atoms with E-state index in [4.69, 9.17) is 0 Å². The number of aliphatic hydroxyl groups excluding tert-OH is 1. The Hall–Kier alpha value is -1.13. The smallest absolute Gasteiger partial charge is 0.250 e. The van der Waals surface area contributed by atoms with Gasteiger partial charge in [0.15, 0.2) is 0 Å². The molecule has 3 aliphatic heterocycles. The number of aliphatic hydroxyl groups is 1. The van der Waals surface area contributed by atoms with E-state index >= 15 is 0 Å². The average molecular weight is 260 g/mol. The van der Waals surface area contributed by atoms with Gasteiger partial charge < -0.3 is 9.67 Å². The molecular formula is C15H20N2O2. The maximum Gasteiger partial charge on any atom is 0.250 e. The van der Waals surface area contributed by atoms with E-state index in [0.717, 1.165) is 31.7 Å². The van der Waals surface area contributed by atoms with E-state index in [9.17, 15) is 9.90 Å². The predicted molar refractivity (Wildman–Crippen MR) is 72.2 cm³/mol. The SMILES string of the molecule is O=c1cccc2n1CC1CCCN3CC(O)CC2C13. The number of rotatable bonds is 0. The Morgan fingerprint density at radius 1 is 1.26 bits per heavy atom. The van der Waals surface area contributed by atoms with Crippen LogP contribution >= 0.6 is 0 Å². The van der Waals surface area contributed by atoms with Crippen molar-refractivity contribution in [2.75, 3.05) is 13.1 Å². The van der Waals surface area contributed by atoms with Crippen LogP contribution in [0.15, 0.2) is 23.0 Å². The van der Waals surface area contributed by atoms with E-state index in [-0.39, 0.29) is 11.7 Å². The number of aromatic nitrogens is 1. The average Bonchev–Trinajstić information content (AvgIpc) is 2.40. The van der Waals surface area contributed by atoms with Gasteiger partial charge in [-0.1, -0.05) is 6.07 Å². The van der Waals surface area contributed by atoms with E-state index in [1.54, 1.807) is 6.07 Å². The molecule has 2 saturated heterocycles. The summed E-state index contributed by atoms with van der Waals surface area (Å²) in [5.74, 6) is 0.913. The molecule has 0 bridgehead atoms. The van der Waals surface area contributed by atoms with Crippen LogP contribution in [0.2, 0.25) is 0 Å². The lowest BCUT2D eigenvalue weighted by atomic mass is 9.72. The Balaban J connectivity index is 1.84. The lowest BCUT2D eigenvalue weighted by Crippen LogP contribution is -2.59. The largest absolute Gasteiger partial charge is 0.392 e. The lowest BCUT2D eigenvalue weighted by molar-refractivity contribution is -0.0376. The van der Waals surface area contributed by atoms with Gasteiger partial charge in [-0.05, 0) is 37.8 Å². The molecule has 4 unspecified atom stereocenters. The van der Waals surface area contributed by atoms with E-state index in [2.05, 4.69) is 11.0 Å². The third-order valence-electron chi connectivity index (χ3n) is 5.19. The second-order valence-electron chi connectivity index (χ2n) is 6.28. The molecule has 4 heterocycles. The van der Waals surface area contributed by atoms with Gasteiger partial charge in [-0.25, -0.2) is 0 Å². The first-order valence-electron chi connectivity index (χ1n) is 7.36. The Morgan fingerprint density at radius 2 is 2.16 bits per heavy atom. The highest BCUT2D eigenvalue weighted by Gasteiger charge is 2.46. The van der Waals surface area contributed by atoms with Crippen molar-refractivity contribution >= 4 is 0 Å². The molecule has 0 spiro atoms. The number of hydrogen-bond acceptors (Lipinski definition) is 3. The molecule has 1 aromatic rings. The molecule has 0 aromatic carbocycles. The summed E-state index contributed by atoms with van der Waals surface area (Å²) in [4.78, 5) is 14.5. The van der Waals surface area contributed by atoms with Crippen LogP contribution in [0.4, 0.5) is 0 Å². The van der Waals surface area contributed by atoms with Gasteiger partial charge in [-0.15, -0.1) is 0 Å². The van der Waals surface area contributed by atoms with Crippen molar-refractivity contribution in [1.82, 2.24) is 9.47 Å². The van der Waals surface area contributed by atoms with Crippen LogP contribution in [0.3, 0.4) is 0 Å². The van der Waals surface area contributed by atoms with Crippen molar-refractivity contribution < 1.29 is 5.11 Å². The molecule has 2 fully saturated rings. The van der Waals surface area contributed by atoms with Crippen LogP contribution in [0.25, 0.3) is 0 Å². The molecule has 0 saturated carbocycles. The summed E-state index contributed by atoms with van der Waals surface area (Å²) in [6, 6.07) is 6.14. The first-order valence-corrected chi connectivity index (χ1v) is 7.36. The van der Waals surface area contributed by atoms with E-state index in [0.29, 0.717) is 17.9 Å². The number of nitrogens with zero attached hydrogens (tertiary/aromatic N) is 2. The van der Waals surface area contributed by atoms with Gasteiger partial charge in [-0.3, -0.25) is 9.69 Å². The highest BCUT2D eigenvalue weighted by Crippen LogP contribution is 2.43. The van der Waals surface area contributed by atoms with Crippen LogP contribution in [-0.4, -0.2) is 39.8 Å². The Kier molecular flexibility index (Phi) is 2.57. The fourth-order valence-electron chi connectivity index (χ4n) is 4.53. The van der Waals surface area contributed by atoms with Crippen LogP contribution in [0.1, 0.15) is 30.9 Å². The van der Waals surface area contributed by atoms with Crippen LogP contribution in [0, 0.1) is 5.92 Å². The molecule has 4 atom stereocenters. The van der Waals surface area contributed by atoms with E-state index in [1.165, 1.54) is 12.8 Å². The van der Waals surface area contributed by atoms with Crippen LogP contribution < -0.4 is 5.56 Å². The Morgan fingerprint density at radius 3 is 3.05 bits per heavy atom. The third-order valence-corrected chi connectivity index (χ3v) is 5.19. The van der Waals surface area contributed by atoms with Gasteiger partial charge >= 0.3 is 0 Å². The van der Waals surface area contributed by atoms with E-state index in [1.807, 2.05) is 10.6 Å². The summed E-state index contributed by atoms with van der Waals surface area (Å²) in [5.41, 5.74) is 1.26. The maximum atomic E-state index is 12.1. The molecule has 3 aliphatic rings. The highest BCUT2D eigenvalue weighted by molar-refractivity contribution is 5.20. The maximum absolute atomic E-state index is 12.1.